The van der Waals surface area contributed by atoms with Gasteiger partial charge in [-0.1, -0.05) is 39.8 Å². The Labute approximate surface area is 122 Å². The second-order valence-electron chi connectivity index (χ2n) is 6.59. The highest BCUT2D eigenvalue weighted by Gasteiger charge is 2.30. The monoisotopic (exact) mass is 277 g/mol. The molecule has 1 aromatic carbocycles. The van der Waals surface area contributed by atoms with Crippen LogP contribution in [0.4, 0.5) is 0 Å². The molecular formula is C17H27NS. The van der Waals surface area contributed by atoms with Crippen molar-refractivity contribution < 1.29 is 0 Å². The van der Waals surface area contributed by atoms with Crippen LogP contribution in [0.5, 0.6) is 0 Å². The van der Waals surface area contributed by atoms with Crippen LogP contribution in [0.25, 0.3) is 0 Å². The molecule has 1 atom stereocenters. The lowest BCUT2D eigenvalue weighted by Crippen LogP contribution is -2.33. The van der Waals surface area contributed by atoms with Crippen LogP contribution in [-0.4, -0.2) is 18.3 Å². The Bertz CT molecular complexity index is 387. The van der Waals surface area contributed by atoms with E-state index in [0.29, 0.717) is 6.04 Å². The van der Waals surface area contributed by atoms with Crippen LogP contribution >= 0.6 is 11.8 Å². The van der Waals surface area contributed by atoms with E-state index >= 15 is 0 Å². The molecule has 1 nitrogen and oxygen atoms in total. The second kappa shape index (κ2) is 6.32. The van der Waals surface area contributed by atoms with E-state index < -0.39 is 0 Å². The van der Waals surface area contributed by atoms with Gasteiger partial charge in [0.15, 0.2) is 0 Å². The summed E-state index contributed by atoms with van der Waals surface area (Å²) in [6.07, 6.45) is 2.84. The molecule has 0 saturated heterocycles. The molecule has 0 spiro atoms. The zero-order valence-corrected chi connectivity index (χ0v) is 13.5. The molecule has 1 aliphatic carbocycles. The average Bonchev–Trinajstić information content (AvgIpc) is 3.18. The van der Waals surface area contributed by atoms with Gasteiger partial charge in [0.05, 0.1) is 0 Å². The first kappa shape index (κ1) is 14.9. The Hall–Kier alpha value is -0.470. The third-order valence-corrected chi connectivity index (χ3v) is 4.94. The summed E-state index contributed by atoms with van der Waals surface area (Å²) in [4.78, 5) is 1.40. The van der Waals surface area contributed by atoms with Crippen molar-refractivity contribution in [2.24, 2.45) is 5.92 Å². The highest BCUT2D eigenvalue weighted by atomic mass is 32.2. The van der Waals surface area contributed by atoms with Crippen LogP contribution in [0.1, 0.15) is 46.1 Å². The first-order valence-corrected chi connectivity index (χ1v) is 8.46. The smallest absolute Gasteiger partial charge is 0.0189 e. The van der Waals surface area contributed by atoms with E-state index in [1.165, 1.54) is 29.1 Å². The quantitative estimate of drug-likeness (QED) is 0.770. The summed E-state index contributed by atoms with van der Waals surface area (Å²) in [7, 11) is 0. The molecule has 106 valence electrons. The Balaban J connectivity index is 1.88. The lowest BCUT2D eigenvalue weighted by atomic mass is 9.87. The minimum atomic E-state index is 0.253. The zero-order valence-electron chi connectivity index (χ0n) is 12.7. The predicted octanol–water partition coefficient (Wildman–Crippen LogP) is 4.46. The van der Waals surface area contributed by atoms with Gasteiger partial charge in [0.2, 0.25) is 0 Å². The van der Waals surface area contributed by atoms with Gasteiger partial charge in [-0.05, 0) is 48.4 Å². The van der Waals surface area contributed by atoms with Gasteiger partial charge in [-0.2, -0.15) is 0 Å². The van der Waals surface area contributed by atoms with Crippen molar-refractivity contribution in [3.8, 4) is 0 Å². The zero-order chi connectivity index (χ0) is 13.9. The van der Waals surface area contributed by atoms with E-state index in [2.05, 4.69) is 57.3 Å². The van der Waals surface area contributed by atoms with Crippen LogP contribution in [0.15, 0.2) is 29.2 Å². The molecule has 1 fully saturated rings. The lowest BCUT2D eigenvalue weighted by molar-refractivity contribution is 0.519. The van der Waals surface area contributed by atoms with Gasteiger partial charge in [-0.15, -0.1) is 11.8 Å². The molecule has 1 aromatic rings. The molecule has 1 N–H and O–H groups in total. The fourth-order valence-electron chi connectivity index (χ4n) is 2.36. The molecule has 0 amide bonds. The van der Waals surface area contributed by atoms with Crippen LogP contribution < -0.4 is 5.32 Å². The second-order valence-corrected chi connectivity index (χ2v) is 7.68. The van der Waals surface area contributed by atoms with E-state index in [-0.39, 0.29) is 5.41 Å². The van der Waals surface area contributed by atoms with Crippen molar-refractivity contribution in [1.29, 1.82) is 0 Å². The first-order valence-electron chi connectivity index (χ1n) is 7.47. The highest BCUT2D eigenvalue weighted by molar-refractivity contribution is 7.99. The maximum absolute atomic E-state index is 3.63. The number of nitrogens with one attached hydrogen (secondary N) is 1. The summed E-state index contributed by atoms with van der Waals surface area (Å²) < 4.78 is 0. The molecule has 0 bridgehead atoms. The van der Waals surface area contributed by atoms with Crippen molar-refractivity contribution >= 4 is 11.8 Å². The van der Waals surface area contributed by atoms with Gasteiger partial charge in [0.1, 0.15) is 0 Å². The average molecular weight is 277 g/mol. The Kier molecular flexibility index (Phi) is 4.97. The van der Waals surface area contributed by atoms with Gasteiger partial charge in [-0.3, -0.25) is 0 Å². The molecule has 0 heterocycles. The van der Waals surface area contributed by atoms with Crippen LogP contribution in [0.3, 0.4) is 0 Å². The Morgan fingerprint density at radius 2 is 1.84 bits per heavy atom. The van der Waals surface area contributed by atoms with Crippen molar-refractivity contribution in [2.45, 2.75) is 56.9 Å². The van der Waals surface area contributed by atoms with E-state index in [1.54, 1.807) is 0 Å². The number of rotatable bonds is 6. The number of benzene rings is 1. The van der Waals surface area contributed by atoms with Gasteiger partial charge >= 0.3 is 0 Å². The van der Waals surface area contributed by atoms with Crippen LogP contribution in [0.2, 0.25) is 0 Å². The topological polar surface area (TPSA) is 12.0 Å². The molecule has 2 rings (SSSR count). The summed E-state index contributed by atoms with van der Waals surface area (Å²) in [5.41, 5.74) is 1.67. The standard InChI is InChI=1S/C17H27NS/c1-5-18-16(13-6-7-13)12-19-15-10-8-14(9-11-15)17(2,3)4/h8-11,13,16,18H,5-7,12H2,1-4H3. The summed E-state index contributed by atoms with van der Waals surface area (Å²) >= 11 is 1.99. The van der Waals surface area contributed by atoms with E-state index in [0.717, 1.165) is 12.5 Å². The van der Waals surface area contributed by atoms with Crippen molar-refractivity contribution in [3.05, 3.63) is 29.8 Å². The summed E-state index contributed by atoms with van der Waals surface area (Å²) in [5, 5.41) is 3.63. The Morgan fingerprint density at radius 1 is 1.21 bits per heavy atom. The van der Waals surface area contributed by atoms with Crippen molar-refractivity contribution in [1.82, 2.24) is 5.32 Å². The fraction of sp³-hybridized carbons (Fsp3) is 0.647. The molecular weight excluding hydrogens is 250 g/mol. The SMILES string of the molecule is CCNC(CSc1ccc(C(C)(C)C)cc1)C1CC1. The summed E-state index contributed by atoms with van der Waals surface area (Å²) in [6.45, 7) is 10.1. The van der Waals surface area contributed by atoms with Gasteiger partial charge in [0, 0.05) is 16.7 Å². The van der Waals surface area contributed by atoms with E-state index in [4.69, 9.17) is 0 Å². The predicted molar refractivity (Wildman–Crippen MR) is 86.1 cm³/mol. The number of hydrogen-bond donors (Lipinski definition) is 1. The molecule has 0 aromatic heterocycles. The van der Waals surface area contributed by atoms with Crippen molar-refractivity contribution in [3.63, 3.8) is 0 Å². The molecule has 1 saturated carbocycles. The lowest BCUT2D eigenvalue weighted by Gasteiger charge is -2.20. The number of hydrogen-bond acceptors (Lipinski definition) is 2. The van der Waals surface area contributed by atoms with Crippen LogP contribution in [0, 0.1) is 5.92 Å². The maximum Gasteiger partial charge on any atom is 0.0189 e. The minimum absolute atomic E-state index is 0.253. The summed E-state index contributed by atoms with van der Waals surface area (Å²) in [6, 6.07) is 9.82. The highest BCUT2D eigenvalue weighted by Crippen LogP contribution is 2.35. The molecule has 1 aliphatic rings. The maximum atomic E-state index is 3.63. The normalized spacial score (nSPS) is 17.5. The largest absolute Gasteiger partial charge is 0.313 e. The van der Waals surface area contributed by atoms with Crippen LogP contribution in [-0.2, 0) is 5.41 Å². The fourth-order valence-corrected chi connectivity index (χ4v) is 3.45. The third-order valence-electron chi connectivity index (χ3n) is 3.81. The van der Waals surface area contributed by atoms with Gasteiger partial charge < -0.3 is 5.32 Å². The first-order chi connectivity index (χ1) is 9.00. The van der Waals surface area contributed by atoms with Gasteiger partial charge in [0.25, 0.3) is 0 Å². The molecule has 1 unspecified atom stereocenters. The van der Waals surface area contributed by atoms with E-state index in [9.17, 15) is 0 Å². The molecule has 19 heavy (non-hydrogen) atoms. The van der Waals surface area contributed by atoms with Crippen molar-refractivity contribution in [2.75, 3.05) is 12.3 Å². The summed E-state index contributed by atoms with van der Waals surface area (Å²) in [5.74, 6) is 2.13. The van der Waals surface area contributed by atoms with Gasteiger partial charge in [-0.25, -0.2) is 0 Å². The minimum Gasteiger partial charge on any atom is -0.313 e. The molecule has 0 aliphatic heterocycles. The third kappa shape index (κ3) is 4.54. The number of thioether (sulfide) groups is 1. The van der Waals surface area contributed by atoms with E-state index in [1.807, 2.05) is 11.8 Å². The molecule has 2 heteroatoms. The Morgan fingerprint density at radius 3 is 2.32 bits per heavy atom. The molecule has 0 radical (unpaired) electrons.